The molecule has 0 atom stereocenters. The number of aromatic nitrogens is 4. The Kier molecular flexibility index (Phi) is 12.8. The predicted octanol–water partition coefficient (Wildman–Crippen LogP) is 15.3. The van der Waals surface area contributed by atoms with Crippen molar-refractivity contribution in [2.75, 3.05) is 0 Å². The minimum atomic E-state index is 0.409. The van der Waals surface area contributed by atoms with Gasteiger partial charge in [0.1, 0.15) is 0 Å². The molecule has 344 valence electrons. The number of halogens is 10. The van der Waals surface area contributed by atoms with Crippen LogP contribution in [-0.4, -0.2) is 25.6 Å². The van der Waals surface area contributed by atoms with Crippen LogP contribution >= 0.6 is 116 Å². The Morgan fingerprint density at radius 1 is 0.257 bits per heavy atom. The predicted molar refractivity (Wildman–Crippen MR) is 294 cm³/mol. The number of nitrogens with one attached hydrogen (secondary N) is 4. The first-order valence-corrected chi connectivity index (χ1v) is 25.1. The van der Waals surface area contributed by atoms with Crippen LogP contribution in [0.5, 0.6) is 0 Å². The van der Waals surface area contributed by atoms with Gasteiger partial charge in [-0.2, -0.15) is 0 Å². The molecule has 5 aromatic carbocycles. The third kappa shape index (κ3) is 8.30. The fourth-order valence-electron chi connectivity index (χ4n) is 9.12. The molecular weight excluding hydrogens is 1090 g/mol. The van der Waals surface area contributed by atoms with Gasteiger partial charge in [0.2, 0.25) is 0 Å². The molecule has 2 aliphatic rings. The van der Waals surface area contributed by atoms with Crippen LogP contribution in [-0.2, 0) is 0 Å². The van der Waals surface area contributed by atoms with Gasteiger partial charge in [0, 0.05) is 99.9 Å². The quantitative estimate of drug-likeness (QED) is 0.133. The number of allylic oxidation sites excluding steroid dienone is 2. The van der Waals surface area contributed by atoms with Crippen molar-refractivity contribution in [2.45, 2.75) is 0 Å². The van der Waals surface area contributed by atoms with E-state index in [1.165, 1.54) is 0 Å². The van der Waals surface area contributed by atoms with E-state index in [4.69, 9.17) is 121 Å². The number of fused-ring (bicyclic) bond motifs is 9. The van der Waals surface area contributed by atoms with E-state index in [2.05, 4.69) is 19.9 Å². The maximum absolute atomic E-state index is 7.11. The Bertz CT molecular complexity index is 3930. The molecule has 2 aliphatic heterocycles. The molecule has 0 saturated carbocycles. The van der Waals surface area contributed by atoms with Gasteiger partial charge >= 0.3 is 0 Å². The number of hydrogen-bond donors (Lipinski definition) is 4. The Morgan fingerprint density at radius 2 is 0.514 bits per heavy atom. The summed E-state index contributed by atoms with van der Waals surface area (Å²) in [6.45, 7) is 0. The van der Waals surface area contributed by atoms with Gasteiger partial charge in [-0.05, 0) is 121 Å². The highest BCUT2D eigenvalue weighted by Crippen LogP contribution is 2.42. The summed E-state index contributed by atoms with van der Waals surface area (Å²) in [5.74, 6) is 0. The SMILES string of the molecule is Clc1cccc(Cl)c1/C1=C2\C=CC(=N2)/C(c2c(Cl)cccc2Cl)=c2/cc/c([nH]2)=C(\c2c(Cl)cccc2Cl)c2ccc([nH]2)/C(c2c(Cl)cccc2Cl)=c2/cc/c([nH]2)=C(\c2c(Cl)cccc2Cl)c2ccc1[nH]2. The van der Waals surface area contributed by atoms with Crippen molar-refractivity contribution in [1.29, 1.82) is 0 Å². The summed E-state index contributed by atoms with van der Waals surface area (Å²) >= 11 is 71.0. The van der Waals surface area contributed by atoms with Crippen LogP contribution in [0.4, 0.5) is 0 Å². The number of rotatable bonds is 5. The molecule has 70 heavy (non-hydrogen) atoms. The summed E-state index contributed by atoms with van der Waals surface area (Å²) in [4.78, 5) is 20.1. The van der Waals surface area contributed by atoms with Gasteiger partial charge in [0.15, 0.2) is 0 Å². The van der Waals surface area contributed by atoms with E-state index in [0.29, 0.717) is 161 Å². The summed E-state index contributed by atoms with van der Waals surface area (Å²) in [6, 6.07) is 42.6. The minimum Gasteiger partial charge on any atom is -0.354 e. The molecule has 6 heterocycles. The zero-order valence-electron chi connectivity index (χ0n) is 35.7. The summed E-state index contributed by atoms with van der Waals surface area (Å²) in [5, 5.41) is 6.81. The van der Waals surface area contributed by atoms with Crippen molar-refractivity contribution in [3.05, 3.63) is 280 Å². The lowest BCUT2D eigenvalue weighted by atomic mass is 10.00. The molecule has 0 aliphatic carbocycles. The lowest BCUT2D eigenvalue weighted by Crippen LogP contribution is -2.20. The number of nitrogens with zero attached hydrogens (tertiary/aromatic N) is 1. The topological polar surface area (TPSA) is 75.5 Å². The molecule has 4 aromatic heterocycles. The summed E-state index contributed by atoms with van der Waals surface area (Å²) in [7, 11) is 0. The van der Waals surface area contributed by atoms with E-state index < -0.39 is 0 Å². The normalized spacial score (nSPS) is 17.8. The second-order valence-corrected chi connectivity index (χ2v) is 20.3. The van der Waals surface area contributed by atoms with Crippen molar-refractivity contribution in [3.8, 4) is 0 Å². The standard InChI is InChI=1S/C55H29Cl10N5/c56-26-6-1-7-27(57)46(26)51-36-16-18-38(66-36)52(47-28(58)8-2-9-29(47)59)40-20-22-42(68-40)54(49-32(62)12-4-13-33(49)63)44-24-25-45(70-44)55(50-34(64)14-5-15-35(50)65)43-23-21-41(69-43)53(39-19-17-37(51)67-39)48-30(60)10-3-11-31(48)61/h1-25,66-69H/b51-36+,51-37?,52-38+,52-40?,53-39?,53-41+,54-42?,54-44+,55-43+,55-45?. The Morgan fingerprint density at radius 3 is 0.829 bits per heavy atom. The largest absolute Gasteiger partial charge is 0.354 e. The number of H-pyrrole nitrogens is 4. The van der Waals surface area contributed by atoms with Crippen LogP contribution in [0.1, 0.15) is 50.6 Å². The monoisotopic (exact) mass is 1110 g/mol. The molecule has 0 fully saturated rings. The van der Waals surface area contributed by atoms with Crippen LogP contribution in [0.15, 0.2) is 162 Å². The van der Waals surface area contributed by atoms with Gasteiger partial charge < -0.3 is 19.9 Å². The number of benzene rings is 5. The molecule has 0 radical (unpaired) electrons. The molecule has 5 nitrogen and oxygen atoms in total. The lowest BCUT2D eigenvalue weighted by molar-refractivity contribution is 1.20. The minimum absolute atomic E-state index is 0.409. The average molecular weight is 1110 g/mol. The van der Waals surface area contributed by atoms with Crippen molar-refractivity contribution in [3.63, 3.8) is 0 Å². The van der Waals surface area contributed by atoms with E-state index >= 15 is 0 Å². The first-order chi connectivity index (χ1) is 33.9. The van der Waals surface area contributed by atoms with Crippen LogP contribution in [0.2, 0.25) is 50.2 Å². The molecule has 4 N–H and O–H groups in total. The molecule has 15 heteroatoms. The van der Waals surface area contributed by atoms with E-state index in [-0.39, 0.29) is 0 Å². The van der Waals surface area contributed by atoms with Gasteiger partial charge in [0.05, 0.1) is 61.6 Å². The fourth-order valence-corrected chi connectivity index (χ4v) is 12.0. The van der Waals surface area contributed by atoms with Crippen molar-refractivity contribution < 1.29 is 0 Å². The number of aliphatic imine (C=N–C) groups is 1. The lowest BCUT2D eigenvalue weighted by Gasteiger charge is -2.14. The smallest absolute Gasteiger partial charge is 0.0738 e. The second-order valence-electron chi connectivity index (χ2n) is 16.2. The van der Waals surface area contributed by atoms with E-state index in [1.807, 2.05) is 60.7 Å². The molecule has 9 aromatic rings. The van der Waals surface area contributed by atoms with E-state index in [1.54, 1.807) is 91.0 Å². The van der Waals surface area contributed by atoms with Crippen LogP contribution in [0.25, 0.3) is 27.9 Å². The molecular formula is C55H29Cl10N5. The highest BCUT2D eigenvalue weighted by atomic mass is 35.5. The molecule has 0 saturated heterocycles. The molecule has 10 bridgehead atoms. The zero-order valence-corrected chi connectivity index (χ0v) is 43.2. The van der Waals surface area contributed by atoms with Crippen LogP contribution < -0.4 is 21.4 Å². The summed E-state index contributed by atoms with van der Waals surface area (Å²) < 4.78 is 0. The number of hydrogen-bond acceptors (Lipinski definition) is 1. The van der Waals surface area contributed by atoms with Gasteiger partial charge in [-0.15, -0.1) is 0 Å². The van der Waals surface area contributed by atoms with Gasteiger partial charge in [-0.25, -0.2) is 4.99 Å². The first kappa shape index (κ1) is 47.1. The molecule has 0 unspecified atom stereocenters. The summed E-state index contributed by atoms with van der Waals surface area (Å²) in [5.41, 5.74) is 9.80. The number of aromatic amines is 4. The molecule has 11 rings (SSSR count). The zero-order chi connectivity index (χ0) is 48.5. The fraction of sp³-hybridized carbons (Fsp3) is 0. The average Bonchev–Trinajstić information content (AvgIpc) is 4.20. The van der Waals surface area contributed by atoms with Crippen LogP contribution in [0.3, 0.4) is 0 Å². The molecule has 0 spiro atoms. The maximum Gasteiger partial charge on any atom is 0.0738 e. The Labute approximate surface area is 450 Å². The van der Waals surface area contributed by atoms with Crippen LogP contribution in [0, 0.1) is 0 Å². The van der Waals surface area contributed by atoms with Gasteiger partial charge in [0.25, 0.3) is 0 Å². The third-order valence-corrected chi connectivity index (χ3v) is 15.3. The Hall–Kier alpha value is -5.25. The first-order valence-electron chi connectivity index (χ1n) is 21.4. The van der Waals surface area contributed by atoms with Crippen molar-refractivity contribution in [1.82, 2.24) is 19.9 Å². The molecule has 0 amide bonds. The maximum atomic E-state index is 7.11. The van der Waals surface area contributed by atoms with Crippen molar-refractivity contribution >= 4 is 150 Å². The van der Waals surface area contributed by atoms with E-state index in [0.717, 1.165) is 0 Å². The van der Waals surface area contributed by atoms with E-state index in [9.17, 15) is 0 Å². The van der Waals surface area contributed by atoms with Crippen molar-refractivity contribution in [2.24, 2.45) is 4.99 Å². The highest BCUT2D eigenvalue weighted by molar-refractivity contribution is 6.43. The Balaban J connectivity index is 1.35. The second kappa shape index (κ2) is 19.1. The summed E-state index contributed by atoms with van der Waals surface area (Å²) in [6.07, 6.45) is 3.82. The van der Waals surface area contributed by atoms with Gasteiger partial charge in [-0.1, -0.05) is 146 Å². The third-order valence-electron chi connectivity index (χ3n) is 12.1. The highest BCUT2D eigenvalue weighted by Gasteiger charge is 2.27. The van der Waals surface area contributed by atoms with Gasteiger partial charge in [-0.3, -0.25) is 0 Å².